The van der Waals surface area contributed by atoms with Gasteiger partial charge >= 0.3 is 0 Å². The Bertz CT molecular complexity index is 863. The number of anilines is 1. The van der Waals surface area contributed by atoms with E-state index < -0.39 is 5.91 Å². The molecule has 0 fully saturated rings. The molecule has 4 nitrogen and oxygen atoms in total. The van der Waals surface area contributed by atoms with Crippen LogP contribution in [0.25, 0.3) is 11.3 Å². The minimum absolute atomic E-state index is 0.0737. The van der Waals surface area contributed by atoms with Crippen LogP contribution in [0.1, 0.15) is 10.4 Å². The van der Waals surface area contributed by atoms with Gasteiger partial charge in [-0.2, -0.15) is 0 Å². The van der Waals surface area contributed by atoms with Crippen LogP contribution in [0.3, 0.4) is 0 Å². The summed E-state index contributed by atoms with van der Waals surface area (Å²) in [6, 6.07) is 12.5. The molecule has 23 heavy (non-hydrogen) atoms. The van der Waals surface area contributed by atoms with E-state index in [2.05, 4.69) is 42.2 Å². The van der Waals surface area contributed by atoms with Crippen LogP contribution in [0.4, 0.5) is 5.13 Å². The molecule has 0 aliphatic heterocycles. The fourth-order valence-electron chi connectivity index (χ4n) is 1.94. The Morgan fingerprint density at radius 1 is 1.09 bits per heavy atom. The fraction of sp³-hybridized carbons (Fsp3) is 0. The Morgan fingerprint density at radius 3 is 2.52 bits per heavy atom. The average Bonchev–Trinajstić information content (AvgIpc) is 2.99. The summed E-state index contributed by atoms with van der Waals surface area (Å²) in [6.45, 7) is 0. The molecule has 0 spiro atoms. The van der Waals surface area contributed by atoms with Crippen LogP contribution in [-0.4, -0.2) is 16.0 Å². The highest BCUT2D eigenvalue weighted by atomic mass is 79.9. The summed E-state index contributed by atoms with van der Waals surface area (Å²) in [4.78, 5) is 16.7. The van der Waals surface area contributed by atoms with Crippen LogP contribution in [0.2, 0.25) is 0 Å². The van der Waals surface area contributed by atoms with Crippen LogP contribution in [0.15, 0.2) is 56.8 Å². The van der Waals surface area contributed by atoms with E-state index in [4.69, 9.17) is 0 Å². The van der Waals surface area contributed by atoms with Crippen molar-refractivity contribution in [3.05, 3.63) is 62.4 Å². The van der Waals surface area contributed by atoms with E-state index in [-0.39, 0.29) is 11.3 Å². The largest absolute Gasteiger partial charge is 0.507 e. The second-order valence-electron chi connectivity index (χ2n) is 4.66. The number of phenolic OH excluding ortho intramolecular Hbond substituents is 1. The summed E-state index contributed by atoms with van der Waals surface area (Å²) in [5, 5.41) is 14.8. The lowest BCUT2D eigenvalue weighted by Crippen LogP contribution is -2.11. The molecule has 1 aromatic heterocycles. The molecule has 0 aliphatic carbocycles. The van der Waals surface area contributed by atoms with Crippen LogP contribution >= 0.6 is 43.2 Å². The first-order chi connectivity index (χ1) is 11.0. The SMILES string of the molecule is O=C(Nc1nc(-c2ccc(Br)cc2)cs1)c1cc(Br)ccc1O. The van der Waals surface area contributed by atoms with E-state index in [0.29, 0.717) is 5.13 Å². The zero-order valence-electron chi connectivity index (χ0n) is 11.6. The van der Waals surface area contributed by atoms with Gasteiger partial charge < -0.3 is 5.11 Å². The molecule has 0 saturated heterocycles. The van der Waals surface area contributed by atoms with Crippen LogP contribution in [-0.2, 0) is 0 Å². The number of hydrogen-bond acceptors (Lipinski definition) is 4. The highest BCUT2D eigenvalue weighted by Crippen LogP contribution is 2.28. The van der Waals surface area contributed by atoms with Gasteiger partial charge in [0, 0.05) is 19.9 Å². The number of thiazole rings is 1. The first-order valence-corrected chi connectivity index (χ1v) is 9.01. The van der Waals surface area contributed by atoms with Crippen molar-refractivity contribution in [1.29, 1.82) is 0 Å². The van der Waals surface area contributed by atoms with Crippen molar-refractivity contribution in [3.63, 3.8) is 0 Å². The van der Waals surface area contributed by atoms with Gasteiger partial charge in [0.15, 0.2) is 5.13 Å². The quantitative estimate of drug-likeness (QED) is 0.566. The Hall–Kier alpha value is -1.70. The van der Waals surface area contributed by atoms with Gasteiger partial charge in [0.05, 0.1) is 11.3 Å². The summed E-state index contributed by atoms with van der Waals surface area (Å²) in [7, 11) is 0. The van der Waals surface area contributed by atoms with E-state index in [9.17, 15) is 9.90 Å². The van der Waals surface area contributed by atoms with Crippen LogP contribution < -0.4 is 5.32 Å². The van der Waals surface area contributed by atoms with Crippen molar-refractivity contribution in [3.8, 4) is 17.0 Å². The normalized spacial score (nSPS) is 10.5. The van der Waals surface area contributed by atoms with Gasteiger partial charge in [-0.25, -0.2) is 4.98 Å². The topological polar surface area (TPSA) is 62.2 Å². The third kappa shape index (κ3) is 3.80. The van der Waals surface area contributed by atoms with Crippen LogP contribution in [0.5, 0.6) is 5.75 Å². The molecule has 3 rings (SSSR count). The van der Waals surface area contributed by atoms with Crippen molar-refractivity contribution in [2.75, 3.05) is 5.32 Å². The molecule has 0 bridgehead atoms. The molecule has 1 heterocycles. The van der Waals surface area contributed by atoms with E-state index in [0.717, 1.165) is 20.2 Å². The Morgan fingerprint density at radius 2 is 1.78 bits per heavy atom. The third-order valence-corrected chi connectivity index (χ3v) is 4.85. The number of phenols is 1. The van der Waals surface area contributed by atoms with Gasteiger partial charge in [0.25, 0.3) is 5.91 Å². The average molecular weight is 454 g/mol. The van der Waals surface area contributed by atoms with Crippen molar-refractivity contribution in [2.24, 2.45) is 0 Å². The second kappa shape index (κ2) is 6.82. The summed E-state index contributed by atoms with van der Waals surface area (Å²) >= 11 is 8.01. The Balaban J connectivity index is 1.80. The molecular weight excluding hydrogens is 444 g/mol. The molecule has 0 radical (unpaired) electrons. The lowest BCUT2D eigenvalue weighted by Gasteiger charge is -2.04. The smallest absolute Gasteiger partial charge is 0.261 e. The standard InChI is InChI=1S/C16H10Br2N2O2S/c17-10-3-1-9(2-4-10)13-8-23-16(19-13)20-15(22)12-7-11(18)5-6-14(12)21/h1-8,21H,(H,19,20,22). The molecule has 0 unspecified atom stereocenters. The highest BCUT2D eigenvalue weighted by Gasteiger charge is 2.14. The molecule has 1 amide bonds. The number of carbonyl (C=O) groups excluding carboxylic acids is 1. The molecule has 7 heteroatoms. The number of rotatable bonds is 3. The Labute approximate surface area is 153 Å². The van der Waals surface area contributed by atoms with Gasteiger partial charge in [-0.1, -0.05) is 44.0 Å². The first-order valence-electron chi connectivity index (χ1n) is 6.54. The summed E-state index contributed by atoms with van der Waals surface area (Å²) in [5.74, 6) is -0.476. The van der Waals surface area contributed by atoms with Crippen molar-refractivity contribution < 1.29 is 9.90 Å². The number of aromatic hydroxyl groups is 1. The van der Waals surface area contributed by atoms with Crippen molar-refractivity contribution in [2.45, 2.75) is 0 Å². The zero-order valence-corrected chi connectivity index (χ0v) is 15.6. The molecule has 3 aromatic rings. The lowest BCUT2D eigenvalue weighted by atomic mass is 10.2. The summed E-state index contributed by atoms with van der Waals surface area (Å²) < 4.78 is 1.71. The van der Waals surface area contributed by atoms with Crippen molar-refractivity contribution in [1.82, 2.24) is 4.98 Å². The molecule has 0 saturated carbocycles. The summed E-state index contributed by atoms with van der Waals surface area (Å²) in [6.07, 6.45) is 0. The highest BCUT2D eigenvalue weighted by molar-refractivity contribution is 9.10. The van der Waals surface area contributed by atoms with Gasteiger partial charge in [-0.15, -0.1) is 11.3 Å². The third-order valence-electron chi connectivity index (χ3n) is 3.07. The number of halogens is 2. The number of amides is 1. The number of hydrogen-bond donors (Lipinski definition) is 2. The predicted octanol–water partition coefficient (Wildman–Crippen LogP) is 5.29. The Kier molecular flexibility index (Phi) is 4.79. The number of benzene rings is 2. The summed E-state index contributed by atoms with van der Waals surface area (Å²) in [5.41, 5.74) is 1.95. The minimum atomic E-state index is -0.402. The van der Waals surface area contributed by atoms with E-state index in [1.807, 2.05) is 29.6 Å². The second-order valence-corrected chi connectivity index (χ2v) is 7.35. The zero-order chi connectivity index (χ0) is 16.4. The number of aromatic nitrogens is 1. The van der Waals surface area contributed by atoms with Crippen LogP contribution in [0, 0.1) is 0 Å². The van der Waals surface area contributed by atoms with Gasteiger partial charge in [0.1, 0.15) is 5.75 Å². The molecular formula is C16H10Br2N2O2S. The van der Waals surface area contributed by atoms with Gasteiger partial charge in [-0.05, 0) is 30.3 Å². The van der Waals surface area contributed by atoms with Gasteiger partial charge in [-0.3, -0.25) is 10.1 Å². The number of carbonyl (C=O) groups is 1. The van der Waals surface area contributed by atoms with E-state index >= 15 is 0 Å². The monoisotopic (exact) mass is 452 g/mol. The maximum atomic E-state index is 12.2. The van der Waals surface area contributed by atoms with E-state index in [1.165, 1.54) is 17.4 Å². The van der Waals surface area contributed by atoms with Gasteiger partial charge in [0.2, 0.25) is 0 Å². The molecule has 2 N–H and O–H groups in total. The number of nitrogens with zero attached hydrogens (tertiary/aromatic N) is 1. The number of nitrogens with one attached hydrogen (secondary N) is 1. The van der Waals surface area contributed by atoms with E-state index in [1.54, 1.807) is 12.1 Å². The minimum Gasteiger partial charge on any atom is -0.507 e. The fourth-order valence-corrected chi connectivity index (χ4v) is 3.28. The maximum absolute atomic E-state index is 12.2. The lowest BCUT2D eigenvalue weighted by molar-refractivity contribution is 0.102. The molecule has 0 atom stereocenters. The predicted molar refractivity (Wildman–Crippen MR) is 99.0 cm³/mol. The molecule has 2 aromatic carbocycles. The molecule has 0 aliphatic rings. The molecule has 116 valence electrons. The maximum Gasteiger partial charge on any atom is 0.261 e. The first kappa shape index (κ1) is 16.2. The van der Waals surface area contributed by atoms with Crippen molar-refractivity contribution >= 4 is 54.2 Å².